The first-order chi connectivity index (χ1) is 5.24. The van der Waals surface area contributed by atoms with Crippen LogP contribution in [0.3, 0.4) is 0 Å². The average molecular weight is 161 g/mol. The van der Waals surface area contributed by atoms with Crippen molar-refractivity contribution < 1.29 is 9.13 Å². The van der Waals surface area contributed by atoms with Crippen LogP contribution < -0.4 is 5.32 Å². The van der Waals surface area contributed by atoms with E-state index in [0.29, 0.717) is 6.04 Å². The maximum Gasteiger partial charge on any atom is 0.121 e. The van der Waals surface area contributed by atoms with E-state index >= 15 is 0 Å². The molecular formula is C8H16FNO. The summed E-state index contributed by atoms with van der Waals surface area (Å²) >= 11 is 0. The molecule has 3 heteroatoms. The Labute approximate surface area is 67.1 Å². The summed E-state index contributed by atoms with van der Waals surface area (Å²) in [6, 6.07) is 0.453. The summed E-state index contributed by atoms with van der Waals surface area (Å²) in [5, 5.41) is 3.13. The number of hydrogen-bond acceptors (Lipinski definition) is 2. The summed E-state index contributed by atoms with van der Waals surface area (Å²) in [6.45, 7) is 1.76. The maximum atomic E-state index is 12.3. The largest absolute Gasteiger partial charge is 0.374 e. The third-order valence-corrected chi connectivity index (χ3v) is 2.12. The predicted octanol–water partition coefficient (Wildman–Crippen LogP) is 1.11. The van der Waals surface area contributed by atoms with E-state index in [2.05, 4.69) is 5.32 Å². The summed E-state index contributed by atoms with van der Waals surface area (Å²) in [6.07, 6.45) is 1.63. The Bertz CT molecular complexity index is 117. The summed E-state index contributed by atoms with van der Waals surface area (Å²) in [5.74, 6) is 0. The molecule has 0 aliphatic heterocycles. The molecule has 0 radical (unpaired) electrons. The Morgan fingerprint density at radius 3 is 2.73 bits per heavy atom. The van der Waals surface area contributed by atoms with E-state index in [4.69, 9.17) is 4.74 Å². The molecule has 1 aliphatic carbocycles. The fourth-order valence-corrected chi connectivity index (χ4v) is 1.26. The molecule has 1 saturated carbocycles. The van der Waals surface area contributed by atoms with E-state index in [0.717, 1.165) is 12.8 Å². The Hall–Kier alpha value is -0.150. The van der Waals surface area contributed by atoms with Crippen LogP contribution in [0.2, 0.25) is 0 Å². The van der Waals surface area contributed by atoms with Crippen LogP contribution >= 0.6 is 0 Å². The average Bonchev–Trinajstić information content (AvgIpc) is 1.86. The fourth-order valence-electron chi connectivity index (χ4n) is 1.26. The van der Waals surface area contributed by atoms with Crippen molar-refractivity contribution in [2.24, 2.45) is 0 Å². The van der Waals surface area contributed by atoms with Gasteiger partial charge in [0.2, 0.25) is 0 Å². The van der Waals surface area contributed by atoms with Crippen molar-refractivity contribution in [3.8, 4) is 0 Å². The molecule has 0 spiro atoms. The zero-order valence-electron chi connectivity index (χ0n) is 7.14. The normalized spacial score (nSPS) is 33.0. The zero-order valence-corrected chi connectivity index (χ0v) is 7.14. The van der Waals surface area contributed by atoms with Gasteiger partial charge < -0.3 is 10.1 Å². The van der Waals surface area contributed by atoms with Crippen LogP contribution in [0.1, 0.15) is 19.8 Å². The number of rotatable bonds is 4. The van der Waals surface area contributed by atoms with Gasteiger partial charge >= 0.3 is 0 Å². The first-order valence-corrected chi connectivity index (χ1v) is 4.17. The molecule has 0 aromatic heterocycles. The van der Waals surface area contributed by atoms with Crippen molar-refractivity contribution in [1.82, 2.24) is 5.32 Å². The van der Waals surface area contributed by atoms with Gasteiger partial charge in [-0.25, -0.2) is 4.39 Å². The van der Waals surface area contributed by atoms with Crippen molar-refractivity contribution in [3.63, 3.8) is 0 Å². The molecule has 1 rings (SSSR count). The monoisotopic (exact) mass is 161 g/mol. The fraction of sp³-hybridized carbons (Fsp3) is 1.00. The summed E-state index contributed by atoms with van der Waals surface area (Å²) < 4.78 is 17.6. The van der Waals surface area contributed by atoms with E-state index < -0.39 is 6.17 Å². The third-order valence-electron chi connectivity index (χ3n) is 2.12. The van der Waals surface area contributed by atoms with Crippen LogP contribution in [-0.2, 0) is 4.74 Å². The van der Waals surface area contributed by atoms with Crippen LogP contribution in [0.25, 0.3) is 0 Å². The minimum atomic E-state index is -0.840. The molecule has 1 N–H and O–H groups in total. The summed E-state index contributed by atoms with van der Waals surface area (Å²) in [7, 11) is 1.92. The number of ether oxygens (including phenoxy) is 1. The Morgan fingerprint density at radius 2 is 2.36 bits per heavy atom. The van der Waals surface area contributed by atoms with Crippen molar-refractivity contribution in [2.45, 2.75) is 38.1 Å². The Balaban J connectivity index is 2.07. The number of nitrogens with one attached hydrogen (secondary N) is 1. The molecule has 1 unspecified atom stereocenters. The Morgan fingerprint density at radius 1 is 1.64 bits per heavy atom. The van der Waals surface area contributed by atoms with Gasteiger partial charge in [0.1, 0.15) is 6.17 Å². The minimum absolute atomic E-state index is 0.239. The highest BCUT2D eigenvalue weighted by molar-refractivity contribution is 4.86. The number of likely N-dealkylation sites (N-methyl/N-ethyl adjacent to an activating group) is 1. The van der Waals surface area contributed by atoms with Crippen LogP contribution in [0.4, 0.5) is 4.39 Å². The molecule has 0 aromatic carbocycles. The molecule has 11 heavy (non-hydrogen) atoms. The lowest BCUT2D eigenvalue weighted by Gasteiger charge is -2.36. The number of hydrogen-bond donors (Lipinski definition) is 1. The molecule has 3 atom stereocenters. The van der Waals surface area contributed by atoms with Crippen molar-refractivity contribution >= 4 is 0 Å². The highest BCUT2D eigenvalue weighted by Gasteiger charge is 2.30. The quantitative estimate of drug-likeness (QED) is 0.667. The van der Waals surface area contributed by atoms with Crippen molar-refractivity contribution in [3.05, 3.63) is 0 Å². The number of alkyl halides is 1. The standard InChI is InChI=1S/C8H16FNO/c1-6(9)5-11-8-4-3-7(8)10-2/h6-8,10H,3-5H2,1-2H3/t6?,7-,8+/m0/s1. The van der Waals surface area contributed by atoms with E-state index in [1.807, 2.05) is 7.05 Å². The maximum absolute atomic E-state index is 12.3. The van der Waals surface area contributed by atoms with Gasteiger partial charge in [-0.2, -0.15) is 0 Å². The molecule has 1 aliphatic rings. The van der Waals surface area contributed by atoms with Gasteiger partial charge in [0.15, 0.2) is 0 Å². The smallest absolute Gasteiger partial charge is 0.121 e. The molecule has 66 valence electrons. The van der Waals surface area contributed by atoms with Crippen molar-refractivity contribution in [1.29, 1.82) is 0 Å². The second-order valence-corrected chi connectivity index (χ2v) is 3.13. The van der Waals surface area contributed by atoms with Gasteiger partial charge in [-0.1, -0.05) is 0 Å². The van der Waals surface area contributed by atoms with Crippen LogP contribution in [-0.4, -0.2) is 32.0 Å². The third kappa shape index (κ3) is 2.42. The lowest BCUT2D eigenvalue weighted by Crippen LogP contribution is -2.48. The van der Waals surface area contributed by atoms with Crippen molar-refractivity contribution in [2.75, 3.05) is 13.7 Å². The van der Waals surface area contributed by atoms with E-state index in [1.54, 1.807) is 0 Å². The molecule has 0 heterocycles. The molecule has 1 fully saturated rings. The van der Waals surface area contributed by atoms with E-state index in [9.17, 15) is 4.39 Å². The molecule has 0 amide bonds. The van der Waals surface area contributed by atoms with Crippen LogP contribution in [0.15, 0.2) is 0 Å². The topological polar surface area (TPSA) is 21.3 Å². The highest BCUT2D eigenvalue weighted by Crippen LogP contribution is 2.22. The molecular weight excluding hydrogens is 145 g/mol. The van der Waals surface area contributed by atoms with E-state index in [-0.39, 0.29) is 12.7 Å². The van der Waals surface area contributed by atoms with Gasteiger partial charge in [0.05, 0.1) is 12.7 Å². The van der Waals surface area contributed by atoms with Gasteiger partial charge in [-0.15, -0.1) is 0 Å². The lowest BCUT2D eigenvalue weighted by atomic mass is 9.89. The van der Waals surface area contributed by atoms with Gasteiger partial charge in [0.25, 0.3) is 0 Å². The summed E-state index contributed by atoms with van der Waals surface area (Å²) in [4.78, 5) is 0. The minimum Gasteiger partial charge on any atom is -0.374 e. The van der Waals surface area contributed by atoms with Crippen LogP contribution in [0.5, 0.6) is 0 Å². The van der Waals surface area contributed by atoms with Gasteiger partial charge in [-0.3, -0.25) is 0 Å². The van der Waals surface area contributed by atoms with Gasteiger partial charge in [0, 0.05) is 6.04 Å². The van der Waals surface area contributed by atoms with E-state index in [1.165, 1.54) is 6.92 Å². The molecule has 0 aromatic rings. The van der Waals surface area contributed by atoms with Crippen LogP contribution in [0, 0.1) is 0 Å². The molecule has 0 bridgehead atoms. The molecule has 0 saturated heterocycles. The second kappa shape index (κ2) is 4.02. The SMILES string of the molecule is CN[C@H]1CC[C@H]1OCC(C)F. The number of halogens is 1. The summed E-state index contributed by atoms with van der Waals surface area (Å²) in [5.41, 5.74) is 0. The van der Waals surface area contributed by atoms with Gasteiger partial charge in [-0.05, 0) is 26.8 Å². The molecule has 2 nitrogen and oxygen atoms in total. The highest BCUT2D eigenvalue weighted by atomic mass is 19.1. The second-order valence-electron chi connectivity index (χ2n) is 3.13. The zero-order chi connectivity index (χ0) is 8.27. The first kappa shape index (κ1) is 8.94. The Kier molecular flexibility index (Phi) is 3.27. The lowest BCUT2D eigenvalue weighted by molar-refractivity contribution is -0.0412. The predicted molar refractivity (Wildman–Crippen MR) is 42.4 cm³/mol. The first-order valence-electron chi connectivity index (χ1n) is 4.17.